The van der Waals surface area contributed by atoms with Crippen LogP contribution in [0.25, 0.3) is 0 Å². The minimum absolute atomic E-state index is 0.489. The lowest BCUT2D eigenvalue weighted by molar-refractivity contribution is 0.425. The molecule has 2 aromatic carbocycles. The predicted octanol–water partition coefficient (Wildman–Crippen LogP) is 2.69. The maximum Gasteiger partial charge on any atom is 0.488 e. The molecule has 2 aromatic rings. The van der Waals surface area contributed by atoms with Crippen LogP contribution in [0.3, 0.4) is 0 Å². The van der Waals surface area contributed by atoms with E-state index in [0.717, 1.165) is 22.6 Å². The van der Waals surface area contributed by atoms with Crippen molar-refractivity contribution in [3.05, 3.63) is 90.7 Å². The molecule has 0 saturated heterocycles. The van der Waals surface area contributed by atoms with E-state index in [1.54, 1.807) is 6.07 Å². The quantitative estimate of drug-likeness (QED) is 0.838. The molecule has 1 aliphatic heterocycles. The Morgan fingerprint density at radius 1 is 1.00 bits per heavy atom. The van der Waals surface area contributed by atoms with Crippen molar-refractivity contribution in [1.29, 1.82) is 0 Å². The van der Waals surface area contributed by atoms with E-state index in [1.165, 1.54) is 0 Å². The van der Waals surface area contributed by atoms with Gasteiger partial charge in [0.15, 0.2) is 0 Å². The topological polar surface area (TPSA) is 43.7 Å². The Bertz CT molecular complexity index is 766. The molecule has 1 aliphatic rings. The van der Waals surface area contributed by atoms with Crippen molar-refractivity contribution in [3.8, 4) is 0 Å². The van der Waals surface area contributed by atoms with Crippen LogP contribution in [0.2, 0.25) is 0 Å². The summed E-state index contributed by atoms with van der Waals surface area (Å²) in [6.45, 7) is 4.18. The molecule has 0 bridgehead atoms. The van der Waals surface area contributed by atoms with Crippen molar-refractivity contribution < 1.29 is 10.0 Å². The van der Waals surface area contributed by atoms with Gasteiger partial charge in [-0.05, 0) is 41.7 Å². The summed E-state index contributed by atoms with van der Waals surface area (Å²) >= 11 is 0. The number of benzene rings is 2. The smallest absolute Gasteiger partial charge is 0.423 e. The standard InChI is InChI=1S/C19H18BNO2/c1-15-8-4-2-5-9-16-14-17(20(22)23)12-13-19(16)21(15)18-10-6-3-7-11-18/h2-8,10-14,22-23H,1,9H2/b5-2-,8-4-. The Kier molecular flexibility index (Phi) is 4.46. The number of anilines is 2. The summed E-state index contributed by atoms with van der Waals surface area (Å²) in [4.78, 5) is 2.08. The number of allylic oxidation sites excluding steroid dienone is 4. The van der Waals surface area contributed by atoms with E-state index >= 15 is 0 Å². The Morgan fingerprint density at radius 2 is 1.78 bits per heavy atom. The average Bonchev–Trinajstić information content (AvgIpc) is 2.63. The summed E-state index contributed by atoms with van der Waals surface area (Å²) in [5.41, 5.74) is 4.36. The largest absolute Gasteiger partial charge is 0.488 e. The van der Waals surface area contributed by atoms with Crippen molar-refractivity contribution >= 4 is 24.0 Å². The van der Waals surface area contributed by atoms with Crippen LogP contribution in [0, 0.1) is 0 Å². The second-order valence-electron chi connectivity index (χ2n) is 5.42. The number of nitrogens with zero attached hydrogens (tertiary/aromatic N) is 1. The molecule has 0 aromatic heterocycles. The van der Waals surface area contributed by atoms with E-state index in [9.17, 15) is 10.0 Å². The zero-order valence-corrected chi connectivity index (χ0v) is 12.8. The molecular weight excluding hydrogens is 285 g/mol. The zero-order valence-electron chi connectivity index (χ0n) is 12.8. The summed E-state index contributed by atoms with van der Waals surface area (Å²) in [6, 6.07) is 15.5. The number of para-hydroxylation sites is 1. The highest BCUT2D eigenvalue weighted by molar-refractivity contribution is 6.58. The van der Waals surface area contributed by atoms with Crippen LogP contribution >= 0.6 is 0 Å². The molecule has 0 fully saturated rings. The molecule has 3 rings (SSSR count). The molecule has 114 valence electrons. The van der Waals surface area contributed by atoms with Crippen molar-refractivity contribution in [2.45, 2.75) is 6.42 Å². The summed E-state index contributed by atoms with van der Waals surface area (Å²) in [6.07, 6.45) is 8.66. The minimum Gasteiger partial charge on any atom is -0.423 e. The van der Waals surface area contributed by atoms with Crippen LogP contribution in [0.1, 0.15) is 5.56 Å². The molecule has 23 heavy (non-hydrogen) atoms. The van der Waals surface area contributed by atoms with Crippen molar-refractivity contribution in [1.82, 2.24) is 0 Å². The van der Waals surface area contributed by atoms with Gasteiger partial charge in [-0.1, -0.05) is 55.1 Å². The van der Waals surface area contributed by atoms with Gasteiger partial charge in [0.2, 0.25) is 0 Å². The summed E-state index contributed by atoms with van der Waals surface area (Å²) in [5.74, 6) is 0. The second kappa shape index (κ2) is 6.69. The molecule has 0 saturated carbocycles. The van der Waals surface area contributed by atoms with E-state index in [-0.39, 0.29) is 0 Å². The van der Waals surface area contributed by atoms with E-state index in [2.05, 4.69) is 11.5 Å². The molecule has 4 heteroatoms. The van der Waals surface area contributed by atoms with E-state index in [4.69, 9.17) is 0 Å². The number of hydrogen-bond acceptors (Lipinski definition) is 3. The zero-order chi connectivity index (χ0) is 16.2. The summed E-state index contributed by atoms with van der Waals surface area (Å²) in [5, 5.41) is 18.9. The van der Waals surface area contributed by atoms with Crippen molar-refractivity contribution in [3.63, 3.8) is 0 Å². The third-order valence-corrected chi connectivity index (χ3v) is 3.82. The highest BCUT2D eigenvalue weighted by Crippen LogP contribution is 2.33. The van der Waals surface area contributed by atoms with Crippen LogP contribution < -0.4 is 10.4 Å². The average molecular weight is 303 g/mol. The highest BCUT2D eigenvalue weighted by Gasteiger charge is 2.18. The van der Waals surface area contributed by atoms with Gasteiger partial charge in [-0.25, -0.2) is 0 Å². The molecule has 1 heterocycles. The predicted molar refractivity (Wildman–Crippen MR) is 96.0 cm³/mol. The SMILES string of the molecule is C=C1/C=C\C=C/Cc2cc(B(O)O)ccc2N1c1ccccc1. The molecule has 0 unspecified atom stereocenters. The normalized spacial score (nSPS) is 16.8. The first kappa shape index (κ1) is 15.3. The fraction of sp³-hybridized carbons (Fsp3) is 0.0526. The maximum atomic E-state index is 9.44. The van der Waals surface area contributed by atoms with Crippen LogP contribution in [0.4, 0.5) is 11.4 Å². The first-order chi connectivity index (χ1) is 11.2. The van der Waals surface area contributed by atoms with Crippen molar-refractivity contribution in [2.24, 2.45) is 0 Å². The van der Waals surface area contributed by atoms with Gasteiger partial charge in [-0.3, -0.25) is 0 Å². The monoisotopic (exact) mass is 303 g/mol. The summed E-state index contributed by atoms with van der Waals surface area (Å²) in [7, 11) is -1.47. The maximum absolute atomic E-state index is 9.44. The van der Waals surface area contributed by atoms with Gasteiger partial charge in [0, 0.05) is 17.1 Å². The first-order valence-corrected chi connectivity index (χ1v) is 7.53. The molecule has 0 aliphatic carbocycles. The van der Waals surface area contributed by atoms with Crippen LogP contribution in [0.15, 0.2) is 85.1 Å². The fourth-order valence-corrected chi connectivity index (χ4v) is 2.70. The third-order valence-electron chi connectivity index (χ3n) is 3.82. The number of rotatable bonds is 2. The number of fused-ring (bicyclic) bond motifs is 1. The van der Waals surface area contributed by atoms with Crippen LogP contribution in [0.5, 0.6) is 0 Å². The van der Waals surface area contributed by atoms with Crippen LogP contribution in [-0.2, 0) is 6.42 Å². The van der Waals surface area contributed by atoms with Gasteiger partial charge < -0.3 is 14.9 Å². The lowest BCUT2D eigenvalue weighted by Gasteiger charge is -2.27. The fourth-order valence-electron chi connectivity index (χ4n) is 2.70. The van der Waals surface area contributed by atoms with Crippen molar-refractivity contribution in [2.75, 3.05) is 4.90 Å². The van der Waals surface area contributed by atoms with Gasteiger partial charge >= 0.3 is 7.12 Å². The molecule has 2 N–H and O–H groups in total. The van der Waals surface area contributed by atoms with E-state index in [0.29, 0.717) is 11.9 Å². The first-order valence-electron chi connectivity index (χ1n) is 7.53. The van der Waals surface area contributed by atoms with Crippen LogP contribution in [-0.4, -0.2) is 17.2 Å². The lowest BCUT2D eigenvalue weighted by Crippen LogP contribution is -2.30. The number of hydrogen-bond donors (Lipinski definition) is 2. The molecular formula is C19H18BNO2. The molecule has 0 amide bonds. The van der Waals surface area contributed by atoms with E-state index in [1.807, 2.05) is 66.8 Å². The van der Waals surface area contributed by atoms with Gasteiger partial charge in [0.1, 0.15) is 0 Å². The molecule has 0 radical (unpaired) electrons. The Morgan fingerprint density at radius 3 is 2.52 bits per heavy atom. The lowest BCUT2D eigenvalue weighted by atomic mass is 9.79. The molecule has 3 nitrogen and oxygen atoms in total. The highest BCUT2D eigenvalue weighted by atomic mass is 16.4. The van der Waals surface area contributed by atoms with E-state index < -0.39 is 7.12 Å². The Hall–Kier alpha value is -2.56. The van der Waals surface area contributed by atoms with Gasteiger partial charge in [-0.2, -0.15) is 0 Å². The van der Waals surface area contributed by atoms with Gasteiger partial charge in [-0.15, -0.1) is 0 Å². The minimum atomic E-state index is -1.47. The third kappa shape index (κ3) is 3.28. The Labute approximate surface area is 136 Å². The second-order valence-corrected chi connectivity index (χ2v) is 5.42. The molecule has 0 atom stereocenters. The molecule has 0 spiro atoms. The summed E-state index contributed by atoms with van der Waals surface area (Å²) < 4.78 is 0. The Balaban J connectivity index is 2.17. The van der Waals surface area contributed by atoms with Gasteiger partial charge in [0.05, 0.1) is 0 Å². The van der Waals surface area contributed by atoms with Gasteiger partial charge in [0.25, 0.3) is 0 Å².